The molecule has 1 aliphatic heterocycles. The van der Waals surface area contributed by atoms with Crippen molar-refractivity contribution in [3.8, 4) is 0 Å². The van der Waals surface area contributed by atoms with E-state index in [1.54, 1.807) is 24.5 Å². The molecule has 0 unspecified atom stereocenters. The zero-order valence-electron chi connectivity index (χ0n) is 15.1. The Labute approximate surface area is 157 Å². The Morgan fingerprint density at radius 1 is 1.22 bits per heavy atom. The normalized spacial score (nSPS) is 19.1. The molecule has 1 fully saturated rings. The molecule has 0 bridgehead atoms. The van der Waals surface area contributed by atoms with Gasteiger partial charge in [0.2, 0.25) is 5.91 Å². The summed E-state index contributed by atoms with van der Waals surface area (Å²) in [6, 6.07) is 10.1. The Morgan fingerprint density at radius 3 is 2.70 bits per heavy atom. The first-order chi connectivity index (χ1) is 13.2. The molecular formula is C21H22FN3O2. The number of oxime groups is 1. The SMILES string of the molecule is O=C(C1CCC1)N(Cc1ccc(F)cc1)C[C@@H]1CC(c2cccnc2)=NO1. The van der Waals surface area contributed by atoms with Crippen LogP contribution in [0, 0.1) is 11.7 Å². The molecule has 1 amide bonds. The van der Waals surface area contributed by atoms with Gasteiger partial charge in [-0.3, -0.25) is 9.78 Å². The molecule has 140 valence electrons. The van der Waals surface area contributed by atoms with Crippen LogP contribution in [0.15, 0.2) is 53.9 Å². The minimum absolute atomic E-state index is 0.102. The fraction of sp³-hybridized carbons (Fsp3) is 0.381. The van der Waals surface area contributed by atoms with E-state index in [9.17, 15) is 9.18 Å². The molecule has 1 aromatic carbocycles. The highest BCUT2D eigenvalue weighted by atomic mass is 19.1. The first kappa shape index (κ1) is 17.6. The van der Waals surface area contributed by atoms with Gasteiger partial charge in [-0.25, -0.2) is 4.39 Å². The third-order valence-corrected chi connectivity index (χ3v) is 5.20. The number of pyridine rings is 1. The summed E-state index contributed by atoms with van der Waals surface area (Å²) in [7, 11) is 0. The number of benzene rings is 1. The number of hydrogen-bond donors (Lipinski definition) is 0. The number of carbonyl (C=O) groups excluding carboxylic acids is 1. The number of nitrogens with zero attached hydrogens (tertiary/aromatic N) is 3. The molecule has 2 aliphatic rings. The summed E-state index contributed by atoms with van der Waals surface area (Å²) in [5.41, 5.74) is 2.71. The van der Waals surface area contributed by atoms with Gasteiger partial charge in [0.25, 0.3) is 0 Å². The van der Waals surface area contributed by atoms with Crippen LogP contribution in [0.1, 0.15) is 36.8 Å². The maximum Gasteiger partial charge on any atom is 0.226 e. The van der Waals surface area contributed by atoms with E-state index < -0.39 is 0 Å². The van der Waals surface area contributed by atoms with E-state index >= 15 is 0 Å². The van der Waals surface area contributed by atoms with Gasteiger partial charge in [0.1, 0.15) is 5.82 Å². The van der Waals surface area contributed by atoms with Gasteiger partial charge in [-0.15, -0.1) is 0 Å². The van der Waals surface area contributed by atoms with Gasteiger partial charge < -0.3 is 9.74 Å². The van der Waals surface area contributed by atoms with Gasteiger partial charge in [0.15, 0.2) is 6.10 Å². The van der Waals surface area contributed by atoms with Crippen LogP contribution in [-0.2, 0) is 16.2 Å². The van der Waals surface area contributed by atoms with Crippen molar-refractivity contribution >= 4 is 11.6 Å². The average molecular weight is 367 g/mol. The summed E-state index contributed by atoms with van der Waals surface area (Å²) in [4.78, 5) is 24.4. The zero-order chi connectivity index (χ0) is 18.6. The van der Waals surface area contributed by atoms with Crippen molar-refractivity contribution < 1.29 is 14.0 Å². The molecule has 1 aliphatic carbocycles. The summed E-state index contributed by atoms with van der Waals surface area (Å²) in [5.74, 6) is -0.0150. The summed E-state index contributed by atoms with van der Waals surface area (Å²) < 4.78 is 13.2. The minimum atomic E-state index is -0.274. The second kappa shape index (κ2) is 7.86. The maximum atomic E-state index is 13.2. The molecule has 27 heavy (non-hydrogen) atoms. The molecule has 0 saturated heterocycles. The first-order valence-corrected chi connectivity index (χ1v) is 9.35. The third kappa shape index (κ3) is 4.15. The van der Waals surface area contributed by atoms with Gasteiger partial charge in [0.05, 0.1) is 12.3 Å². The van der Waals surface area contributed by atoms with E-state index in [-0.39, 0.29) is 23.7 Å². The molecular weight excluding hydrogens is 345 g/mol. The molecule has 1 atom stereocenters. The molecule has 2 heterocycles. The van der Waals surface area contributed by atoms with Crippen LogP contribution in [-0.4, -0.2) is 34.2 Å². The molecule has 1 saturated carbocycles. The topological polar surface area (TPSA) is 54.8 Å². The van der Waals surface area contributed by atoms with E-state index in [1.165, 1.54) is 12.1 Å². The van der Waals surface area contributed by atoms with Gasteiger partial charge >= 0.3 is 0 Å². The first-order valence-electron chi connectivity index (χ1n) is 9.35. The van der Waals surface area contributed by atoms with Gasteiger partial charge in [-0.05, 0) is 42.7 Å². The number of halogens is 1. The molecule has 0 N–H and O–H groups in total. The van der Waals surface area contributed by atoms with E-state index in [2.05, 4.69) is 10.1 Å². The quantitative estimate of drug-likeness (QED) is 0.785. The summed E-state index contributed by atoms with van der Waals surface area (Å²) in [6.45, 7) is 0.928. The monoisotopic (exact) mass is 367 g/mol. The van der Waals surface area contributed by atoms with Crippen molar-refractivity contribution in [1.29, 1.82) is 0 Å². The van der Waals surface area contributed by atoms with Gasteiger partial charge in [-0.1, -0.05) is 23.7 Å². The lowest BCUT2D eigenvalue weighted by molar-refractivity contribution is -0.140. The van der Waals surface area contributed by atoms with Crippen molar-refractivity contribution in [2.75, 3.05) is 6.54 Å². The fourth-order valence-electron chi connectivity index (χ4n) is 3.43. The molecule has 6 heteroatoms. The van der Waals surface area contributed by atoms with Crippen LogP contribution in [0.5, 0.6) is 0 Å². The van der Waals surface area contributed by atoms with Crippen LogP contribution in [0.3, 0.4) is 0 Å². The maximum absolute atomic E-state index is 13.2. The second-order valence-corrected chi connectivity index (χ2v) is 7.18. The summed E-state index contributed by atoms with van der Waals surface area (Å²) in [5, 5.41) is 4.19. The van der Waals surface area contributed by atoms with Crippen LogP contribution in [0.4, 0.5) is 4.39 Å². The summed E-state index contributed by atoms with van der Waals surface area (Å²) in [6.07, 6.45) is 6.95. The van der Waals surface area contributed by atoms with E-state index in [0.717, 1.165) is 36.1 Å². The van der Waals surface area contributed by atoms with Crippen LogP contribution in [0.2, 0.25) is 0 Å². The number of rotatable bonds is 6. The lowest BCUT2D eigenvalue weighted by Crippen LogP contribution is -2.42. The van der Waals surface area contributed by atoms with Crippen molar-refractivity contribution in [2.45, 2.75) is 38.3 Å². The van der Waals surface area contributed by atoms with Gasteiger partial charge in [0, 0.05) is 36.8 Å². The molecule has 4 rings (SSSR count). The minimum Gasteiger partial charge on any atom is -0.390 e. The zero-order valence-corrected chi connectivity index (χ0v) is 15.1. The Balaban J connectivity index is 1.43. The largest absolute Gasteiger partial charge is 0.390 e. The van der Waals surface area contributed by atoms with Crippen molar-refractivity contribution in [3.05, 3.63) is 65.7 Å². The molecule has 2 aromatic rings. The van der Waals surface area contributed by atoms with Crippen molar-refractivity contribution in [2.24, 2.45) is 11.1 Å². The predicted molar refractivity (Wildman–Crippen MR) is 99.4 cm³/mol. The van der Waals surface area contributed by atoms with Crippen LogP contribution in [0.25, 0.3) is 0 Å². The van der Waals surface area contributed by atoms with Crippen LogP contribution >= 0.6 is 0 Å². The average Bonchev–Trinajstić information content (AvgIpc) is 3.11. The number of amides is 1. The number of aromatic nitrogens is 1. The Kier molecular flexibility index (Phi) is 5.14. The Morgan fingerprint density at radius 2 is 2.04 bits per heavy atom. The number of carbonyl (C=O) groups is 1. The van der Waals surface area contributed by atoms with E-state index in [4.69, 9.17) is 4.84 Å². The third-order valence-electron chi connectivity index (χ3n) is 5.20. The molecule has 0 radical (unpaired) electrons. The number of hydrogen-bond acceptors (Lipinski definition) is 4. The smallest absolute Gasteiger partial charge is 0.226 e. The Bertz CT molecular complexity index is 819. The standard InChI is InChI=1S/C21H22FN3O2/c22-18-8-6-15(7-9-18)13-25(21(26)16-3-1-4-16)14-19-11-20(24-27-19)17-5-2-10-23-12-17/h2,5-10,12,16,19H,1,3-4,11,13-14H2/t19-/m0/s1. The Hall–Kier alpha value is -2.76. The fourth-order valence-corrected chi connectivity index (χ4v) is 3.43. The highest BCUT2D eigenvalue weighted by Gasteiger charge is 2.32. The highest BCUT2D eigenvalue weighted by molar-refractivity contribution is 6.01. The van der Waals surface area contributed by atoms with Crippen molar-refractivity contribution in [3.63, 3.8) is 0 Å². The molecule has 0 spiro atoms. The lowest BCUT2D eigenvalue weighted by atomic mass is 9.84. The second-order valence-electron chi connectivity index (χ2n) is 7.18. The van der Waals surface area contributed by atoms with Crippen molar-refractivity contribution in [1.82, 2.24) is 9.88 Å². The molecule has 5 nitrogen and oxygen atoms in total. The van der Waals surface area contributed by atoms with Gasteiger partial charge in [-0.2, -0.15) is 0 Å². The highest BCUT2D eigenvalue weighted by Crippen LogP contribution is 2.29. The molecule has 1 aromatic heterocycles. The van der Waals surface area contributed by atoms with Crippen LogP contribution < -0.4 is 0 Å². The van der Waals surface area contributed by atoms with E-state index in [1.807, 2.05) is 17.0 Å². The summed E-state index contributed by atoms with van der Waals surface area (Å²) >= 11 is 0. The lowest BCUT2D eigenvalue weighted by Gasteiger charge is -2.32. The predicted octanol–water partition coefficient (Wildman–Crippen LogP) is 3.54. The van der Waals surface area contributed by atoms with E-state index in [0.29, 0.717) is 19.5 Å².